The van der Waals surface area contributed by atoms with Gasteiger partial charge in [-0.05, 0) is 38.4 Å². The van der Waals surface area contributed by atoms with E-state index in [1.807, 2.05) is 20.8 Å². The van der Waals surface area contributed by atoms with Gasteiger partial charge < -0.3 is 9.47 Å². The van der Waals surface area contributed by atoms with E-state index in [1.165, 1.54) is 23.8 Å². The topological polar surface area (TPSA) is 35.5 Å². The highest BCUT2D eigenvalue weighted by atomic mass is 32.2. The Kier molecular flexibility index (Phi) is 8.42. The number of carbonyl (C=O) groups is 1. The van der Waals surface area contributed by atoms with Crippen molar-refractivity contribution in [2.24, 2.45) is 5.92 Å². The smallest absolute Gasteiger partial charge is 0.192 e. The third-order valence-electron chi connectivity index (χ3n) is 3.14. The van der Waals surface area contributed by atoms with Crippen molar-refractivity contribution in [2.45, 2.75) is 52.7 Å². The quantitative estimate of drug-likeness (QED) is 0.667. The fraction of sp³-hybridized carbons (Fsp3) is 0.800. The van der Waals surface area contributed by atoms with E-state index in [2.05, 4.69) is 6.08 Å². The zero-order valence-corrected chi connectivity index (χ0v) is 13.1. The minimum Gasteiger partial charge on any atom is -0.353 e. The normalized spacial score (nSPS) is 22.3. The standard InChI is InChI=1S/C15H26O3S/c1-4-19-15(16)13(3)9-8-12(2)11-18-14-7-5-6-10-17-14/h8,13-14H,4-7,9-11H2,1-3H3/b12-8-/t13-,14?/m0/s1. The summed E-state index contributed by atoms with van der Waals surface area (Å²) < 4.78 is 11.2. The average Bonchev–Trinajstić information content (AvgIpc) is 2.43. The molecule has 0 radical (unpaired) electrons. The van der Waals surface area contributed by atoms with E-state index in [0.717, 1.165) is 31.6 Å². The van der Waals surface area contributed by atoms with Crippen molar-refractivity contribution in [3.05, 3.63) is 11.6 Å². The van der Waals surface area contributed by atoms with Crippen LogP contribution in [0.1, 0.15) is 46.5 Å². The number of hydrogen-bond donors (Lipinski definition) is 0. The number of hydrogen-bond acceptors (Lipinski definition) is 4. The lowest BCUT2D eigenvalue weighted by molar-refractivity contribution is -0.156. The molecule has 2 atom stereocenters. The number of rotatable bonds is 7. The Bertz CT molecular complexity index is 296. The lowest BCUT2D eigenvalue weighted by Gasteiger charge is -2.22. The summed E-state index contributed by atoms with van der Waals surface area (Å²) >= 11 is 1.41. The largest absolute Gasteiger partial charge is 0.353 e. The van der Waals surface area contributed by atoms with Gasteiger partial charge in [0, 0.05) is 12.5 Å². The van der Waals surface area contributed by atoms with Crippen LogP contribution in [0, 0.1) is 5.92 Å². The molecule has 1 aliphatic rings. The minimum atomic E-state index is -0.0354. The van der Waals surface area contributed by atoms with Crippen LogP contribution >= 0.6 is 11.8 Å². The molecule has 1 heterocycles. The monoisotopic (exact) mass is 286 g/mol. The molecule has 0 saturated carbocycles. The fourth-order valence-corrected chi connectivity index (χ4v) is 2.55. The number of allylic oxidation sites excluding steroid dienone is 1. The molecule has 3 nitrogen and oxygen atoms in total. The molecule has 4 heteroatoms. The van der Waals surface area contributed by atoms with E-state index in [-0.39, 0.29) is 17.3 Å². The number of ether oxygens (including phenoxy) is 2. The molecule has 0 spiro atoms. The van der Waals surface area contributed by atoms with Crippen LogP contribution < -0.4 is 0 Å². The molecule has 1 aliphatic heterocycles. The van der Waals surface area contributed by atoms with E-state index in [4.69, 9.17) is 9.47 Å². The molecule has 0 aromatic heterocycles. The zero-order valence-electron chi connectivity index (χ0n) is 12.3. The Morgan fingerprint density at radius 2 is 2.32 bits per heavy atom. The molecule has 1 rings (SSSR count). The first-order valence-corrected chi connectivity index (χ1v) is 8.17. The second-order valence-corrected chi connectivity index (χ2v) is 6.31. The van der Waals surface area contributed by atoms with Gasteiger partial charge in [-0.15, -0.1) is 0 Å². The summed E-state index contributed by atoms with van der Waals surface area (Å²) in [6.45, 7) is 7.46. The maximum Gasteiger partial charge on any atom is 0.192 e. The summed E-state index contributed by atoms with van der Waals surface area (Å²) in [4.78, 5) is 11.6. The molecule has 0 bridgehead atoms. The summed E-state index contributed by atoms with van der Waals surface area (Å²) in [7, 11) is 0. The van der Waals surface area contributed by atoms with Gasteiger partial charge >= 0.3 is 0 Å². The number of thioether (sulfide) groups is 1. The second kappa shape index (κ2) is 9.56. The molecule has 0 N–H and O–H groups in total. The van der Waals surface area contributed by atoms with Crippen LogP contribution in [0.4, 0.5) is 0 Å². The minimum absolute atomic E-state index is 0.0354. The lowest BCUT2D eigenvalue weighted by Crippen LogP contribution is -2.22. The predicted molar refractivity (Wildman–Crippen MR) is 80.2 cm³/mol. The molecule has 0 aromatic rings. The third-order valence-corrected chi connectivity index (χ3v) is 4.12. The summed E-state index contributed by atoms with van der Waals surface area (Å²) in [6, 6.07) is 0. The Morgan fingerprint density at radius 3 is 2.95 bits per heavy atom. The average molecular weight is 286 g/mol. The van der Waals surface area contributed by atoms with Crippen LogP contribution in [0.3, 0.4) is 0 Å². The first-order chi connectivity index (χ1) is 9.13. The first kappa shape index (κ1) is 16.7. The van der Waals surface area contributed by atoms with Gasteiger partial charge in [-0.25, -0.2) is 0 Å². The van der Waals surface area contributed by atoms with E-state index in [9.17, 15) is 4.79 Å². The van der Waals surface area contributed by atoms with Crippen LogP contribution in [0.25, 0.3) is 0 Å². The zero-order chi connectivity index (χ0) is 14.1. The molecule has 1 fully saturated rings. The van der Waals surface area contributed by atoms with E-state index < -0.39 is 0 Å². The van der Waals surface area contributed by atoms with E-state index in [0.29, 0.717) is 6.61 Å². The fourth-order valence-electron chi connectivity index (χ4n) is 1.88. The van der Waals surface area contributed by atoms with Gasteiger partial charge in [0.05, 0.1) is 6.61 Å². The van der Waals surface area contributed by atoms with Crippen LogP contribution in [-0.2, 0) is 14.3 Å². The maximum atomic E-state index is 11.6. The van der Waals surface area contributed by atoms with Gasteiger partial charge in [0.15, 0.2) is 11.4 Å². The molecule has 1 unspecified atom stereocenters. The Balaban J connectivity index is 2.22. The van der Waals surface area contributed by atoms with Gasteiger partial charge in [-0.3, -0.25) is 4.79 Å². The van der Waals surface area contributed by atoms with Crippen molar-refractivity contribution in [1.82, 2.24) is 0 Å². The lowest BCUT2D eigenvalue weighted by atomic mass is 10.1. The Morgan fingerprint density at radius 1 is 1.53 bits per heavy atom. The van der Waals surface area contributed by atoms with Crippen molar-refractivity contribution in [2.75, 3.05) is 19.0 Å². The van der Waals surface area contributed by atoms with Crippen LogP contribution in [0.2, 0.25) is 0 Å². The molecule has 0 aliphatic carbocycles. The van der Waals surface area contributed by atoms with Gasteiger partial charge in [0.2, 0.25) is 0 Å². The predicted octanol–water partition coefficient (Wildman–Crippen LogP) is 3.78. The Labute approximate surface area is 121 Å². The van der Waals surface area contributed by atoms with Crippen molar-refractivity contribution in [3.63, 3.8) is 0 Å². The van der Waals surface area contributed by atoms with E-state index in [1.54, 1.807) is 0 Å². The molecule has 19 heavy (non-hydrogen) atoms. The summed E-state index contributed by atoms with van der Waals surface area (Å²) in [5.41, 5.74) is 1.18. The van der Waals surface area contributed by atoms with Gasteiger partial charge in [-0.1, -0.05) is 37.3 Å². The van der Waals surface area contributed by atoms with Gasteiger partial charge in [-0.2, -0.15) is 0 Å². The highest BCUT2D eigenvalue weighted by molar-refractivity contribution is 8.13. The molecule has 0 aromatic carbocycles. The van der Waals surface area contributed by atoms with Gasteiger partial charge in [0.25, 0.3) is 0 Å². The van der Waals surface area contributed by atoms with Crippen molar-refractivity contribution < 1.29 is 14.3 Å². The summed E-state index contributed by atoms with van der Waals surface area (Å²) in [6.07, 6.45) is 6.20. The van der Waals surface area contributed by atoms with E-state index >= 15 is 0 Å². The SMILES string of the molecule is CCSC(=O)[C@@H](C)C/C=C(/C)COC1CCCCO1. The van der Waals surface area contributed by atoms with Crippen molar-refractivity contribution >= 4 is 16.9 Å². The molecule has 1 saturated heterocycles. The molecular formula is C15H26O3S. The summed E-state index contributed by atoms with van der Waals surface area (Å²) in [5, 5.41) is 0.281. The summed E-state index contributed by atoms with van der Waals surface area (Å²) in [5.74, 6) is 0.944. The van der Waals surface area contributed by atoms with Gasteiger partial charge in [0.1, 0.15) is 0 Å². The molecule has 0 amide bonds. The Hall–Kier alpha value is -0.320. The maximum absolute atomic E-state index is 11.6. The highest BCUT2D eigenvalue weighted by Crippen LogP contribution is 2.17. The van der Waals surface area contributed by atoms with Crippen molar-refractivity contribution in [3.8, 4) is 0 Å². The third kappa shape index (κ3) is 7.14. The van der Waals surface area contributed by atoms with Crippen LogP contribution in [0.5, 0.6) is 0 Å². The van der Waals surface area contributed by atoms with Crippen LogP contribution in [-0.4, -0.2) is 30.4 Å². The first-order valence-electron chi connectivity index (χ1n) is 7.19. The molecule has 110 valence electrons. The highest BCUT2D eigenvalue weighted by Gasteiger charge is 2.14. The second-order valence-electron chi connectivity index (χ2n) is 5.05. The van der Waals surface area contributed by atoms with Crippen molar-refractivity contribution in [1.29, 1.82) is 0 Å². The number of carbonyl (C=O) groups excluding carboxylic acids is 1. The van der Waals surface area contributed by atoms with Crippen LogP contribution in [0.15, 0.2) is 11.6 Å². The molecular weight excluding hydrogens is 260 g/mol.